The molecular formula is C19H18N2O2. The maximum absolute atomic E-state index is 12.6. The van der Waals surface area contributed by atoms with Crippen LogP contribution in [-0.2, 0) is 11.2 Å². The van der Waals surface area contributed by atoms with E-state index in [0.717, 1.165) is 47.5 Å². The third-order valence-corrected chi connectivity index (χ3v) is 4.94. The Kier molecular flexibility index (Phi) is 3.23. The van der Waals surface area contributed by atoms with Gasteiger partial charge in [0.15, 0.2) is 5.78 Å². The van der Waals surface area contributed by atoms with Crippen molar-refractivity contribution >= 4 is 5.78 Å². The van der Waals surface area contributed by atoms with E-state index in [1.54, 1.807) is 0 Å². The number of benzene rings is 1. The highest BCUT2D eigenvalue weighted by molar-refractivity contribution is 5.99. The van der Waals surface area contributed by atoms with Crippen molar-refractivity contribution in [3.8, 4) is 11.8 Å². The predicted molar refractivity (Wildman–Crippen MR) is 85.7 cm³/mol. The van der Waals surface area contributed by atoms with Crippen LogP contribution in [-0.4, -0.2) is 12.4 Å². The van der Waals surface area contributed by atoms with Gasteiger partial charge < -0.3 is 10.1 Å². The van der Waals surface area contributed by atoms with E-state index in [1.165, 1.54) is 5.56 Å². The van der Waals surface area contributed by atoms with Crippen molar-refractivity contribution in [2.45, 2.75) is 38.5 Å². The molecule has 1 atom stereocenters. The summed E-state index contributed by atoms with van der Waals surface area (Å²) < 4.78 is 5.57. The van der Waals surface area contributed by atoms with Gasteiger partial charge in [-0.25, -0.2) is 0 Å². The molecule has 3 aliphatic rings. The Morgan fingerprint density at radius 3 is 3.00 bits per heavy atom. The Hall–Kier alpha value is -2.54. The average molecular weight is 306 g/mol. The van der Waals surface area contributed by atoms with Crippen LogP contribution >= 0.6 is 0 Å². The summed E-state index contributed by atoms with van der Waals surface area (Å²) in [7, 11) is 0. The summed E-state index contributed by atoms with van der Waals surface area (Å²) in [6.45, 7) is 2.63. The Morgan fingerprint density at radius 2 is 2.17 bits per heavy atom. The molecule has 1 unspecified atom stereocenters. The second kappa shape index (κ2) is 5.27. The van der Waals surface area contributed by atoms with Crippen LogP contribution in [0.15, 0.2) is 40.7 Å². The van der Waals surface area contributed by atoms with Gasteiger partial charge in [-0.2, -0.15) is 5.26 Å². The van der Waals surface area contributed by atoms with Gasteiger partial charge >= 0.3 is 0 Å². The number of nitrogens with zero attached hydrogens (tertiary/aromatic N) is 1. The van der Waals surface area contributed by atoms with E-state index >= 15 is 0 Å². The number of ketones is 1. The number of carbonyl (C=O) groups excluding carboxylic acids is 1. The summed E-state index contributed by atoms with van der Waals surface area (Å²) in [6, 6.07) is 8.40. The largest absolute Gasteiger partial charge is 0.493 e. The zero-order valence-corrected chi connectivity index (χ0v) is 13.1. The van der Waals surface area contributed by atoms with Crippen LogP contribution in [0.3, 0.4) is 0 Å². The van der Waals surface area contributed by atoms with Gasteiger partial charge in [0.1, 0.15) is 5.75 Å². The summed E-state index contributed by atoms with van der Waals surface area (Å²) in [5, 5.41) is 12.9. The fourth-order valence-corrected chi connectivity index (χ4v) is 3.85. The van der Waals surface area contributed by atoms with Crippen LogP contribution in [0, 0.1) is 11.3 Å². The van der Waals surface area contributed by atoms with Crippen molar-refractivity contribution in [3.05, 3.63) is 51.9 Å². The Morgan fingerprint density at radius 1 is 1.30 bits per heavy atom. The molecule has 4 heteroatoms. The summed E-state index contributed by atoms with van der Waals surface area (Å²) in [5.41, 5.74) is 5.49. The summed E-state index contributed by atoms with van der Waals surface area (Å²) >= 11 is 0. The molecule has 0 saturated carbocycles. The summed E-state index contributed by atoms with van der Waals surface area (Å²) in [6.07, 6.45) is 3.22. The third-order valence-electron chi connectivity index (χ3n) is 4.94. The SMILES string of the molecule is CC1=C(C#N)C(c2ccc3c(c2)CCO3)C2=C(CCCC2=O)N1. The van der Waals surface area contributed by atoms with Crippen molar-refractivity contribution in [2.24, 2.45) is 0 Å². The fraction of sp³-hybridized carbons (Fsp3) is 0.368. The Bertz CT molecular complexity index is 811. The lowest BCUT2D eigenvalue weighted by Gasteiger charge is -2.32. The van der Waals surface area contributed by atoms with Gasteiger partial charge in [0, 0.05) is 29.8 Å². The van der Waals surface area contributed by atoms with Gasteiger partial charge in [-0.1, -0.05) is 12.1 Å². The molecule has 4 nitrogen and oxygen atoms in total. The number of hydrogen-bond donors (Lipinski definition) is 1. The molecule has 23 heavy (non-hydrogen) atoms. The zero-order valence-electron chi connectivity index (χ0n) is 13.1. The van der Waals surface area contributed by atoms with E-state index in [-0.39, 0.29) is 11.7 Å². The number of nitriles is 1. The van der Waals surface area contributed by atoms with E-state index in [9.17, 15) is 10.1 Å². The van der Waals surface area contributed by atoms with Crippen molar-refractivity contribution in [1.29, 1.82) is 5.26 Å². The number of ether oxygens (including phenoxy) is 1. The average Bonchev–Trinajstić information content (AvgIpc) is 3.01. The van der Waals surface area contributed by atoms with Crippen molar-refractivity contribution in [1.82, 2.24) is 5.32 Å². The number of rotatable bonds is 1. The number of fused-ring (bicyclic) bond motifs is 1. The van der Waals surface area contributed by atoms with E-state index in [2.05, 4.69) is 17.5 Å². The lowest BCUT2D eigenvalue weighted by molar-refractivity contribution is -0.116. The van der Waals surface area contributed by atoms with Crippen LogP contribution < -0.4 is 10.1 Å². The first-order chi connectivity index (χ1) is 11.2. The van der Waals surface area contributed by atoms with Crippen LogP contribution in [0.2, 0.25) is 0 Å². The van der Waals surface area contributed by atoms with Gasteiger partial charge in [0.05, 0.1) is 24.2 Å². The number of Topliss-reactive ketones (excluding diaryl/α,β-unsaturated/α-hetero) is 1. The number of dihydropyridines is 1. The maximum Gasteiger partial charge on any atom is 0.161 e. The number of hydrogen-bond acceptors (Lipinski definition) is 4. The smallest absolute Gasteiger partial charge is 0.161 e. The molecule has 2 heterocycles. The molecule has 1 aliphatic carbocycles. The first kappa shape index (κ1) is 14.1. The number of allylic oxidation sites excluding steroid dienone is 4. The third kappa shape index (κ3) is 2.16. The first-order valence-electron chi connectivity index (χ1n) is 8.09. The van der Waals surface area contributed by atoms with Gasteiger partial charge in [0.2, 0.25) is 0 Å². The molecule has 4 rings (SSSR count). The lowest BCUT2D eigenvalue weighted by atomic mass is 9.75. The van der Waals surface area contributed by atoms with Crippen LogP contribution in [0.1, 0.15) is 43.2 Å². The van der Waals surface area contributed by atoms with Gasteiger partial charge in [-0.05, 0) is 37.0 Å². The molecule has 1 N–H and O–H groups in total. The highest BCUT2D eigenvalue weighted by atomic mass is 16.5. The fourth-order valence-electron chi connectivity index (χ4n) is 3.85. The molecule has 1 aromatic carbocycles. The molecule has 0 amide bonds. The highest BCUT2D eigenvalue weighted by Crippen LogP contribution is 2.43. The van der Waals surface area contributed by atoms with Crippen LogP contribution in [0.25, 0.3) is 0 Å². The lowest BCUT2D eigenvalue weighted by Crippen LogP contribution is -2.31. The zero-order chi connectivity index (χ0) is 16.0. The molecule has 2 aliphatic heterocycles. The highest BCUT2D eigenvalue weighted by Gasteiger charge is 2.36. The van der Waals surface area contributed by atoms with Crippen molar-refractivity contribution in [3.63, 3.8) is 0 Å². The Balaban J connectivity index is 1.88. The summed E-state index contributed by atoms with van der Waals surface area (Å²) in [4.78, 5) is 12.6. The maximum atomic E-state index is 12.6. The topological polar surface area (TPSA) is 62.1 Å². The standard InChI is InChI=1S/C19H18N2O2/c1-11-14(10-20)18(19-15(21-11)3-2-4-16(19)22)13-5-6-17-12(9-13)7-8-23-17/h5-6,9,18,21H,2-4,7-8H2,1H3. The first-order valence-corrected chi connectivity index (χ1v) is 8.09. The van der Waals surface area contributed by atoms with Crippen molar-refractivity contribution < 1.29 is 9.53 Å². The predicted octanol–water partition coefficient (Wildman–Crippen LogP) is 3.11. The number of nitrogens with one attached hydrogen (secondary N) is 1. The second-order valence-electron chi connectivity index (χ2n) is 6.34. The second-order valence-corrected chi connectivity index (χ2v) is 6.34. The quantitative estimate of drug-likeness (QED) is 0.866. The Labute approximate surface area is 135 Å². The monoisotopic (exact) mass is 306 g/mol. The molecule has 0 aromatic heterocycles. The minimum Gasteiger partial charge on any atom is -0.493 e. The van der Waals surface area contributed by atoms with E-state index in [1.807, 2.05) is 19.1 Å². The minimum absolute atomic E-state index is 0.167. The van der Waals surface area contributed by atoms with Crippen LogP contribution in [0.4, 0.5) is 0 Å². The van der Waals surface area contributed by atoms with Gasteiger partial charge in [0.25, 0.3) is 0 Å². The van der Waals surface area contributed by atoms with E-state index < -0.39 is 0 Å². The molecule has 116 valence electrons. The van der Waals surface area contributed by atoms with E-state index in [4.69, 9.17) is 4.74 Å². The molecule has 0 spiro atoms. The number of carbonyl (C=O) groups is 1. The van der Waals surface area contributed by atoms with Crippen molar-refractivity contribution in [2.75, 3.05) is 6.61 Å². The normalized spacial score (nSPS) is 23.0. The van der Waals surface area contributed by atoms with Gasteiger partial charge in [-0.3, -0.25) is 4.79 Å². The molecule has 0 radical (unpaired) electrons. The minimum atomic E-state index is -0.241. The van der Waals surface area contributed by atoms with Gasteiger partial charge in [-0.15, -0.1) is 0 Å². The molecular weight excluding hydrogens is 288 g/mol. The molecule has 0 fully saturated rings. The summed E-state index contributed by atoms with van der Waals surface area (Å²) in [5.74, 6) is 0.849. The van der Waals surface area contributed by atoms with Crippen LogP contribution in [0.5, 0.6) is 5.75 Å². The van der Waals surface area contributed by atoms with E-state index in [0.29, 0.717) is 18.6 Å². The molecule has 0 bridgehead atoms. The molecule has 1 aromatic rings. The molecule has 0 saturated heterocycles.